The first-order chi connectivity index (χ1) is 14.1. The van der Waals surface area contributed by atoms with Crippen molar-refractivity contribution in [1.29, 1.82) is 0 Å². The van der Waals surface area contributed by atoms with E-state index in [-0.39, 0.29) is 0 Å². The van der Waals surface area contributed by atoms with Crippen LogP contribution < -0.4 is 5.19 Å². The lowest BCUT2D eigenvalue weighted by Crippen LogP contribution is -2.43. The molecular weight excluding hydrogens is 364 g/mol. The Morgan fingerprint density at radius 2 is 1.21 bits per heavy atom. The molecule has 0 nitrogen and oxygen atoms in total. The van der Waals surface area contributed by atoms with Gasteiger partial charge in [-0.2, -0.15) is 0 Å². The summed E-state index contributed by atoms with van der Waals surface area (Å²) in [4.78, 5) is 0. The van der Waals surface area contributed by atoms with Crippen LogP contribution in [0.5, 0.6) is 0 Å². The summed E-state index contributed by atoms with van der Waals surface area (Å²) in [5.41, 5.74) is 4.16. The molecule has 29 heavy (non-hydrogen) atoms. The Morgan fingerprint density at radius 1 is 0.690 bits per heavy atom. The van der Waals surface area contributed by atoms with Crippen molar-refractivity contribution in [3.63, 3.8) is 0 Å². The third kappa shape index (κ3) is 5.24. The first kappa shape index (κ1) is 21.1. The van der Waals surface area contributed by atoms with E-state index in [0.29, 0.717) is 0 Å². The zero-order valence-electron chi connectivity index (χ0n) is 17.9. The standard InChI is InChI=1S/C28H32Si/c1-4-5-6-16-23-27(24-17-10-7-11-18-24)28(25-19-12-8-13-20-25)29(2,3)26-21-14-9-15-22-26/h6-22H,4-5,23H2,1-3H3/b16-6+,28-27+. The van der Waals surface area contributed by atoms with Crippen LogP contribution in [0.15, 0.2) is 103 Å². The number of unbranched alkanes of at least 4 members (excludes halogenated alkanes) is 1. The minimum absolute atomic E-state index is 0.970. The van der Waals surface area contributed by atoms with Crippen LogP contribution in [0.4, 0.5) is 0 Å². The maximum Gasteiger partial charge on any atom is 0.113 e. The predicted molar refractivity (Wildman–Crippen MR) is 132 cm³/mol. The molecule has 0 fully saturated rings. The van der Waals surface area contributed by atoms with Crippen molar-refractivity contribution in [1.82, 2.24) is 0 Å². The highest BCUT2D eigenvalue weighted by molar-refractivity contribution is 7.05. The molecule has 0 aliphatic heterocycles. The van der Waals surface area contributed by atoms with E-state index >= 15 is 0 Å². The number of allylic oxidation sites excluding steroid dienone is 3. The summed E-state index contributed by atoms with van der Waals surface area (Å²) in [7, 11) is -1.92. The van der Waals surface area contributed by atoms with Crippen LogP contribution in [-0.2, 0) is 0 Å². The quantitative estimate of drug-likeness (QED) is 0.210. The number of benzene rings is 3. The van der Waals surface area contributed by atoms with Crippen molar-refractivity contribution in [3.05, 3.63) is 114 Å². The lowest BCUT2D eigenvalue weighted by Gasteiger charge is -2.30. The van der Waals surface area contributed by atoms with Gasteiger partial charge >= 0.3 is 0 Å². The van der Waals surface area contributed by atoms with Gasteiger partial charge in [-0.3, -0.25) is 0 Å². The van der Waals surface area contributed by atoms with Crippen LogP contribution >= 0.6 is 0 Å². The van der Waals surface area contributed by atoms with E-state index in [1.54, 1.807) is 0 Å². The van der Waals surface area contributed by atoms with Gasteiger partial charge in [0.1, 0.15) is 8.07 Å². The molecule has 0 unspecified atom stereocenters. The van der Waals surface area contributed by atoms with Gasteiger partial charge < -0.3 is 0 Å². The van der Waals surface area contributed by atoms with Crippen molar-refractivity contribution in [2.45, 2.75) is 39.3 Å². The lowest BCUT2D eigenvalue weighted by atomic mass is 9.99. The summed E-state index contributed by atoms with van der Waals surface area (Å²) < 4.78 is 0. The normalized spacial score (nSPS) is 12.8. The van der Waals surface area contributed by atoms with Crippen LogP contribution in [0.3, 0.4) is 0 Å². The topological polar surface area (TPSA) is 0 Å². The first-order valence-electron chi connectivity index (χ1n) is 10.7. The summed E-state index contributed by atoms with van der Waals surface area (Å²) in [6.45, 7) is 7.21. The van der Waals surface area contributed by atoms with E-state index < -0.39 is 8.07 Å². The second kappa shape index (κ2) is 10.2. The molecule has 0 spiro atoms. The Kier molecular flexibility index (Phi) is 7.43. The summed E-state index contributed by atoms with van der Waals surface area (Å²) in [6.07, 6.45) is 8.00. The van der Waals surface area contributed by atoms with Gasteiger partial charge in [0, 0.05) is 0 Å². The van der Waals surface area contributed by atoms with E-state index in [1.807, 2.05) is 0 Å². The second-order valence-corrected chi connectivity index (χ2v) is 12.4. The Morgan fingerprint density at radius 3 is 1.76 bits per heavy atom. The van der Waals surface area contributed by atoms with Gasteiger partial charge in [-0.1, -0.05) is 135 Å². The monoisotopic (exact) mass is 396 g/mol. The third-order valence-electron chi connectivity index (χ3n) is 5.55. The van der Waals surface area contributed by atoms with Gasteiger partial charge in [-0.25, -0.2) is 0 Å². The average molecular weight is 397 g/mol. The summed E-state index contributed by atoms with van der Waals surface area (Å²) in [6, 6.07) is 33.1. The first-order valence-corrected chi connectivity index (χ1v) is 13.7. The van der Waals surface area contributed by atoms with Crippen molar-refractivity contribution in [2.24, 2.45) is 0 Å². The van der Waals surface area contributed by atoms with Gasteiger partial charge in [0.25, 0.3) is 0 Å². The molecule has 1 heteroatoms. The van der Waals surface area contributed by atoms with E-state index in [9.17, 15) is 0 Å². The van der Waals surface area contributed by atoms with E-state index in [4.69, 9.17) is 0 Å². The number of hydrogen-bond acceptors (Lipinski definition) is 0. The van der Waals surface area contributed by atoms with Crippen LogP contribution in [-0.4, -0.2) is 8.07 Å². The highest BCUT2D eigenvalue weighted by Crippen LogP contribution is 2.36. The molecule has 0 heterocycles. The van der Waals surface area contributed by atoms with E-state index in [0.717, 1.165) is 12.8 Å². The van der Waals surface area contributed by atoms with Gasteiger partial charge in [0.05, 0.1) is 0 Å². The molecule has 0 aliphatic rings. The highest BCUT2D eigenvalue weighted by Gasteiger charge is 2.31. The lowest BCUT2D eigenvalue weighted by molar-refractivity contribution is 0.955. The molecule has 0 aromatic heterocycles. The molecule has 148 valence electrons. The summed E-state index contributed by atoms with van der Waals surface area (Å²) in [5, 5.41) is 3.02. The second-order valence-electron chi connectivity index (χ2n) is 8.04. The predicted octanol–water partition coefficient (Wildman–Crippen LogP) is 7.50. The minimum atomic E-state index is -1.92. The molecule has 3 aromatic rings. The summed E-state index contributed by atoms with van der Waals surface area (Å²) >= 11 is 0. The van der Waals surface area contributed by atoms with Crippen molar-refractivity contribution in [2.75, 3.05) is 0 Å². The highest BCUT2D eigenvalue weighted by atomic mass is 28.3. The van der Waals surface area contributed by atoms with E-state index in [2.05, 4.69) is 123 Å². The fraction of sp³-hybridized carbons (Fsp3) is 0.214. The summed E-state index contributed by atoms with van der Waals surface area (Å²) in [5.74, 6) is 0. The SMILES string of the molecule is CCC/C=C/C/C(=C(/c1ccccc1)[Si](C)(C)c1ccccc1)c1ccccc1. The van der Waals surface area contributed by atoms with Crippen LogP contribution in [0.2, 0.25) is 13.1 Å². The van der Waals surface area contributed by atoms with Crippen LogP contribution in [0, 0.1) is 0 Å². The Hall–Kier alpha value is -2.64. The zero-order valence-corrected chi connectivity index (χ0v) is 18.9. The van der Waals surface area contributed by atoms with Gasteiger partial charge in [0.2, 0.25) is 0 Å². The van der Waals surface area contributed by atoms with Crippen molar-refractivity contribution in [3.8, 4) is 0 Å². The van der Waals surface area contributed by atoms with Gasteiger partial charge in [-0.05, 0) is 34.7 Å². The van der Waals surface area contributed by atoms with Crippen molar-refractivity contribution < 1.29 is 0 Å². The van der Waals surface area contributed by atoms with Crippen LogP contribution in [0.1, 0.15) is 37.3 Å². The largest absolute Gasteiger partial charge is 0.113 e. The molecule has 3 rings (SSSR count). The van der Waals surface area contributed by atoms with Crippen LogP contribution in [0.25, 0.3) is 10.8 Å². The molecule has 0 saturated heterocycles. The Bertz CT molecular complexity index is 935. The number of hydrogen-bond donors (Lipinski definition) is 0. The molecule has 3 aromatic carbocycles. The maximum absolute atomic E-state index is 2.49. The van der Waals surface area contributed by atoms with Gasteiger partial charge in [-0.15, -0.1) is 0 Å². The van der Waals surface area contributed by atoms with E-state index in [1.165, 1.54) is 33.5 Å². The molecule has 0 saturated carbocycles. The molecule has 0 amide bonds. The fourth-order valence-corrected chi connectivity index (χ4v) is 7.21. The number of rotatable bonds is 8. The molecule has 0 atom stereocenters. The van der Waals surface area contributed by atoms with Gasteiger partial charge in [0.15, 0.2) is 0 Å². The maximum atomic E-state index is 2.49. The zero-order chi connectivity index (χ0) is 20.5. The molecular formula is C28H32Si. The Balaban J connectivity index is 2.25. The molecule has 0 aliphatic carbocycles. The fourth-order valence-electron chi connectivity index (χ4n) is 4.01. The average Bonchev–Trinajstić information content (AvgIpc) is 2.77. The molecule has 0 N–H and O–H groups in total. The molecule has 0 bridgehead atoms. The Labute approximate surface area is 177 Å². The van der Waals surface area contributed by atoms with Crippen molar-refractivity contribution >= 4 is 24.0 Å². The third-order valence-corrected chi connectivity index (χ3v) is 9.17. The smallest absolute Gasteiger partial charge is 0.0882 e. The molecule has 0 radical (unpaired) electrons. The minimum Gasteiger partial charge on any atom is -0.0882 e.